The molecule has 0 saturated heterocycles. The minimum absolute atomic E-state index is 0.0618. The number of rotatable bonds is 3. The second-order valence-electron chi connectivity index (χ2n) is 3.71. The third-order valence-electron chi connectivity index (χ3n) is 2.15. The van der Waals surface area contributed by atoms with Gasteiger partial charge in [-0.2, -0.15) is 4.98 Å². The van der Waals surface area contributed by atoms with Crippen LogP contribution in [-0.4, -0.2) is 13.4 Å². The molecule has 0 aliphatic carbocycles. The van der Waals surface area contributed by atoms with E-state index in [-0.39, 0.29) is 26.6 Å². The molecule has 1 aromatic carbocycles. The summed E-state index contributed by atoms with van der Waals surface area (Å²) in [4.78, 5) is 3.56. The number of hydrogen-bond donors (Lipinski definition) is 2. The molecule has 2 aromatic rings. The summed E-state index contributed by atoms with van der Waals surface area (Å²) in [7, 11) is -4.00. The SMILES string of the molecule is Cc1coc(NS(=O)(=O)c2c(N)cc(Cl)cc2Cl)n1. The third kappa shape index (κ3) is 2.94. The van der Waals surface area contributed by atoms with Gasteiger partial charge in [0.05, 0.1) is 16.4 Å². The fourth-order valence-corrected chi connectivity index (χ4v) is 3.36. The number of nitrogen functional groups attached to an aromatic ring is 1. The van der Waals surface area contributed by atoms with Crippen LogP contribution in [0.5, 0.6) is 0 Å². The predicted octanol–water partition coefficient (Wildman–Crippen LogP) is 2.67. The molecule has 0 aliphatic rings. The molecule has 0 bridgehead atoms. The summed E-state index contributed by atoms with van der Waals surface area (Å²) in [5, 5.41) is 0.161. The Morgan fingerprint density at radius 1 is 1.37 bits per heavy atom. The van der Waals surface area contributed by atoms with Crippen LogP contribution in [0.15, 0.2) is 27.7 Å². The zero-order valence-electron chi connectivity index (χ0n) is 9.65. The number of aryl methyl sites for hydroxylation is 1. The van der Waals surface area contributed by atoms with Crippen LogP contribution in [0.1, 0.15) is 5.69 Å². The lowest BCUT2D eigenvalue weighted by molar-refractivity contribution is 0.569. The van der Waals surface area contributed by atoms with Crippen LogP contribution in [0.4, 0.5) is 11.7 Å². The fraction of sp³-hybridized carbons (Fsp3) is 0.100. The van der Waals surface area contributed by atoms with Gasteiger partial charge in [-0.05, 0) is 19.1 Å². The highest BCUT2D eigenvalue weighted by Crippen LogP contribution is 2.32. The number of anilines is 2. The van der Waals surface area contributed by atoms with Crippen molar-refractivity contribution in [1.82, 2.24) is 4.98 Å². The Kier molecular flexibility index (Phi) is 3.62. The van der Waals surface area contributed by atoms with E-state index in [1.165, 1.54) is 18.4 Å². The Hall–Kier alpha value is -1.44. The van der Waals surface area contributed by atoms with Crippen LogP contribution in [-0.2, 0) is 10.0 Å². The average molecular weight is 322 g/mol. The van der Waals surface area contributed by atoms with Gasteiger partial charge >= 0.3 is 6.01 Å². The Morgan fingerprint density at radius 3 is 2.58 bits per heavy atom. The van der Waals surface area contributed by atoms with Gasteiger partial charge in [-0.3, -0.25) is 0 Å². The molecule has 0 saturated carbocycles. The zero-order chi connectivity index (χ0) is 14.2. The lowest BCUT2D eigenvalue weighted by atomic mass is 10.3. The minimum Gasteiger partial charge on any atom is -0.431 e. The minimum atomic E-state index is -4.00. The van der Waals surface area contributed by atoms with Gasteiger partial charge in [-0.1, -0.05) is 23.2 Å². The highest BCUT2D eigenvalue weighted by atomic mass is 35.5. The molecule has 102 valence electrons. The fourth-order valence-electron chi connectivity index (χ4n) is 1.43. The molecule has 2 rings (SSSR count). The molecule has 0 unspecified atom stereocenters. The van der Waals surface area contributed by atoms with Crippen LogP contribution in [0, 0.1) is 6.92 Å². The molecule has 19 heavy (non-hydrogen) atoms. The number of aromatic nitrogens is 1. The third-order valence-corrected chi connectivity index (χ3v) is 4.21. The van der Waals surface area contributed by atoms with Crippen LogP contribution in [0.25, 0.3) is 0 Å². The predicted molar refractivity (Wildman–Crippen MR) is 72.9 cm³/mol. The van der Waals surface area contributed by atoms with E-state index >= 15 is 0 Å². The first kappa shape index (κ1) is 14.0. The van der Waals surface area contributed by atoms with E-state index < -0.39 is 10.0 Å². The summed E-state index contributed by atoms with van der Waals surface area (Å²) in [6.45, 7) is 1.66. The van der Waals surface area contributed by atoms with Gasteiger partial charge in [0.1, 0.15) is 11.2 Å². The van der Waals surface area contributed by atoms with Gasteiger partial charge in [0, 0.05) is 5.02 Å². The maximum absolute atomic E-state index is 12.1. The average Bonchev–Trinajstić information content (AvgIpc) is 2.60. The number of nitrogens with one attached hydrogen (secondary N) is 1. The van der Waals surface area contributed by atoms with Crippen molar-refractivity contribution in [3.63, 3.8) is 0 Å². The molecule has 1 heterocycles. The zero-order valence-corrected chi connectivity index (χ0v) is 12.0. The maximum Gasteiger partial charge on any atom is 0.309 e. The summed E-state index contributed by atoms with van der Waals surface area (Å²) in [6.07, 6.45) is 1.31. The Balaban J connectivity index is 2.45. The van der Waals surface area contributed by atoms with Gasteiger partial charge in [-0.25, -0.2) is 13.1 Å². The van der Waals surface area contributed by atoms with Gasteiger partial charge in [-0.15, -0.1) is 0 Å². The highest BCUT2D eigenvalue weighted by Gasteiger charge is 2.23. The topological polar surface area (TPSA) is 98.2 Å². The molecule has 0 atom stereocenters. The molecule has 3 N–H and O–H groups in total. The lowest BCUT2D eigenvalue weighted by Gasteiger charge is -2.09. The van der Waals surface area contributed by atoms with Crippen LogP contribution < -0.4 is 10.5 Å². The summed E-state index contributed by atoms with van der Waals surface area (Å²) < 4.78 is 31.3. The van der Waals surface area contributed by atoms with Crippen LogP contribution >= 0.6 is 23.2 Å². The molecule has 0 spiro atoms. The first-order valence-corrected chi connectivity index (χ1v) is 7.23. The Bertz CT molecular complexity index is 704. The Morgan fingerprint density at radius 2 is 2.05 bits per heavy atom. The van der Waals surface area contributed by atoms with Crippen molar-refractivity contribution in [2.75, 3.05) is 10.5 Å². The van der Waals surface area contributed by atoms with Crippen molar-refractivity contribution in [2.24, 2.45) is 0 Å². The number of halogens is 2. The number of hydrogen-bond acceptors (Lipinski definition) is 5. The Labute approximate surface area is 119 Å². The number of sulfonamides is 1. The van der Waals surface area contributed by atoms with Crippen molar-refractivity contribution >= 4 is 44.9 Å². The smallest absolute Gasteiger partial charge is 0.309 e. The first-order valence-electron chi connectivity index (χ1n) is 4.99. The van der Waals surface area contributed by atoms with E-state index in [4.69, 9.17) is 33.4 Å². The van der Waals surface area contributed by atoms with Crippen molar-refractivity contribution in [3.8, 4) is 0 Å². The van der Waals surface area contributed by atoms with Gasteiger partial charge in [0.15, 0.2) is 0 Å². The molecule has 0 fully saturated rings. The summed E-state index contributed by atoms with van der Waals surface area (Å²) in [5.74, 6) is 0. The standard InChI is InChI=1S/C10H9Cl2N3O3S/c1-5-4-18-10(14-5)15-19(16,17)9-7(12)2-6(11)3-8(9)13/h2-4H,13H2,1H3,(H,14,15). The quantitative estimate of drug-likeness (QED) is 0.847. The molecule has 0 amide bonds. The van der Waals surface area contributed by atoms with Crippen LogP contribution in [0.3, 0.4) is 0 Å². The van der Waals surface area contributed by atoms with E-state index in [9.17, 15) is 8.42 Å². The second-order valence-corrected chi connectivity index (χ2v) is 6.17. The van der Waals surface area contributed by atoms with Crippen LogP contribution in [0.2, 0.25) is 10.0 Å². The first-order chi connectivity index (χ1) is 8.79. The molecule has 1 aromatic heterocycles. The second kappa shape index (κ2) is 4.92. The normalized spacial score (nSPS) is 11.5. The molecular weight excluding hydrogens is 313 g/mol. The van der Waals surface area contributed by atoms with Gasteiger partial charge < -0.3 is 10.2 Å². The molecular formula is C10H9Cl2N3O3S. The van der Waals surface area contributed by atoms with E-state index in [2.05, 4.69) is 9.71 Å². The molecule has 0 radical (unpaired) electrons. The summed E-state index contributed by atoms with van der Waals surface area (Å²) in [5.41, 5.74) is 6.10. The largest absolute Gasteiger partial charge is 0.431 e. The van der Waals surface area contributed by atoms with Crippen molar-refractivity contribution in [2.45, 2.75) is 11.8 Å². The van der Waals surface area contributed by atoms with Crippen molar-refractivity contribution < 1.29 is 12.8 Å². The van der Waals surface area contributed by atoms with Gasteiger partial charge in [0.25, 0.3) is 10.0 Å². The monoisotopic (exact) mass is 321 g/mol. The van der Waals surface area contributed by atoms with E-state index in [0.29, 0.717) is 5.69 Å². The molecule has 9 heteroatoms. The number of benzene rings is 1. The summed E-state index contributed by atoms with van der Waals surface area (Å²) in [6, 6.07) is 2.42. The van der Waals surface area contributed by atoms with E-state index in [0.717, 1.165) is 0 Å². The maximum atomic E-state index is 12.1. The highest BCUT2D eigenvalue weighted by molar-refractivity contribution is 7.93. The lowest BCUT2D eigenvalue weighted by Crippen LogP contribution is -2.15. The van der Waals surface area contributed by atoms with Crippen molar-refractivity contribution in [1.29, 1.82) is 0 Å². The van der Waals surface area contributed by atoms with Crippen molar-refractivity contribution in [3.05, 3.63) is 34.1 Å². The number of nitrogens with two attached hydrogens (primary N) is 1. The number of nitrogens with zero attached hydrogens (tertiary/aromatic N) is 1. The molecule has 0 aliphatic heterocycles. The van der Waals surface area contributed by atoms with Gasteiger partial charge in [0.2, 0.25) is 0 Å². The van der Waals surface area contributed by atoms with E-state index in [1.54, 1.807) is 6.92 Å². The summed E-state index contributed by atoms with van der Waals surface area (Å²) >= 11 is 11.6. The molecule has 6 nitrogen and oxygen atoms in total. The van der Waals surface area contributed by atoms with E-state index in [1.807, 2.05) is 0 Å². The number of oxazole rings is 1.